The number of aromatic nitrogens is 3. The first-order valence-electron chi connectivity index (χ1n) is 9.78. The summed E-state index contributed by atoms with van der Waals surface area (Å²) >= 11 is -0.175. The molecular weight excluding hydrogens is 471 g/mol. The minimum atomic E-state index is -4.36. The van der Waals surface area contributed by atoms with Crippen molar-refractivity contribution >= 4 is 46.3 Å². The molecule has 12 heteroatoms. The van der Waals surface area contributed by atoms with Crippen LogP contribution in [0.4, 0.5) is 35.4 Å². The average Bonchev–Trinajstić information content (AvgIpc) is 3.07. The molecule has 0 saturated heterocycles. The Kier molecular flexibility index (Phi) is 6.50. The first-order chi connectivity index (χ1) is 16.2. The SMILES string of the molecule is COC(=O)Nc1cc(Oc2ccc3c(c2)nc(Nc2cccc(SC(F)(F)F)c2)n3C)ccn1. The van der Waals surface area contributed by atoms with Gasteiger partial charge >= 0.3 is 11.6 Å². The lowest BCUT2D eigenvalue weighted by Gasteiger charge is -2.09. The van der Waals surface area contributed by atoms with Crippen LogP contribution in [0, 0.1) is 0 Å². The quantitative estimate of drug-likeness (QED) is 0.308. The van der Waals surface area contributed by atoms with Gasteiger partial charge in [0.15, 0.2) is 0 Å². The van der Waals surface area contributed by atoms with E-state index in [1.807, 2.05) is 6.07 Å². The molecule has 2 heterocycles. The Bertz CT molecular complexity index is 1340. The summed E-state index contributed by atoms with van der Waals surface area (Å²) in [4.78, 5) is 20.0. The molecule has 0 unspecified atom stereocenters. The summed E-state index contributed by atoms with van der Waals surface area (Å²) in [6.45, 7) is 0. The molecule has 8 nitrogen and oxygen atoms in total. The molecule has 0 saturated carbocycles. The van der Waals surface area contributed by atoms with Crippen LogP contribution >= 0.6 is 11.8 Å². The lowest BCUT2D eigenvalue weighted by molar-refractivity contribution is -0.0328. The lowest BCUT2D eigenvalue weighted by atomic mass is 10.3. The molecule has 0 bridgehead atoms. The van der Waals surface area contributed by atoms with E-state index >= 15 is 0 Å². The fourth-order valence-corrected chi connectivity index (χ4v) is 3.69. The molecule has 34 heavy (non-hydrogen) atoms. The van der Waals surface area contributed by atoms with Gasteiger partial charge in [-0.2, -0.15) is 13.2 Å². The molecule has 2 aromatic carbocycles. The van der Waals surface area contributed by atoms with Crippen LogP contribution in [0.3, 0.4) is 0 Å². The van der Waals surface area contributed by atoms with E-state index in [-0.39, 0.29) is 22.5 Å². The number of nitrogens with zero attached hydrogens (tertiary/aromatic N) is 3. The summed E-state index contributed by atoms with van der Waals surface area (Å²) in [6.07, 6.45) is 0.828. The van der Waals surface area contributed by atoms with E-state index in [4.69, 9.17) is 4.74 Å². The Balaban J connectivity index is 1.53. The number of rotatable bonds is 6. The van der Waals surface area contributed by atoms with Gasteiger partial charge in [-0.15, -0.1) is 0 Å². The van der Waals surface area contributed by atoms with Crippen molar-refractivity contribution in [1.29, 1.82) is 0 Å². The maximum absolute atomic E-state index is 12.7. The normalized spacial score (nSPS) is 11.3. The average molecular weight is 489 g/mol. The second-order valence-electron chi connectivity index (χ2n) is 6.94. The standard InChI is InChI=1S/C22H18F3N5O3S/c1-30-18-7-6-14(33-15-8-9-26-19(12-15)29-21(31)32-2)11-17(18)28-20(30)27-13-4-3-5-16(10-13)34-22(23,24)25/h3-12H,1-2H3,(H,27,28)(H,26,29,31). The Morgan fingerprint density at radius 3 is 2.65 bits per heavy atom. The number of carbonyl (C=O) groups is 1. The van der Waals surface area contributed by atoms with Gasteiger partial charge in [0.25, 0.3) is 0 Å². The fourth-order valence-electron chi connectivity index (χ4n) is 3.09. The van der Waals surface area contributed by atoms with Gasteiger partial charge in [-0.1, -0.05) is 6.07 Å². The molecule has 0 atom stereocenters. The smallest absolute Gasteiger partial charge is 0.446 e. The van der Waals surface area contributed by atoms with E-state index in [9.17, 15) is 18.0 Å². The van der Waals surface area contributed by atoms with Crippen molar-refractivity contribution in [3.05, 3.63) is 60.8 Å². The third-order valence-electron chi connectivity index (χ3n) is 4.56. The molecule has 0 radical (unpaired) electrons. The van der Waals surface area contributed by atoms with Crippen LogP contribution in [-0.2, 0) is 11.8 Å². The number of nitrogens with one attached hydrogen (secondary N) is 2. The van der Waals surface area contributed by atoms with Gasteiger partial charge in [-0.3, -0.25) is 5.32 Å². The summed E-state index contributed by atoms with van der Waals surface area (Å²) in [7, 11) is 3.04. The fraction of sp³-hybridized carbons (Fsp3) is 0.136. The number of pyridine rings is 1. The number of methoxy groups -OCH3 is 1. The first kappa shape index (κ1) is 23.2. The Morgan fingerprint density at radius 2 is 1.88 bits per heavy atom. The van der Waals surface area contributed by atoms with Gasteiger partial charge in [-0.05, 0) is 48.2 Å². The molecule has 4 rings (SSSR count). The molecule has 1 amide bonds. The molecule has 0 aliphatic heterocycles. The Hall–Kier alpha value is -3.93. The van der Waals surface area contributed by atoms with Crippen molar-refractivity contribution in [2.75, 3.05) is 17.7 Å². The summed E-state index contributed by atoms with van der Waals surface area (Å²) in [5.41, 5.74) is -2.48. The molecule has 0 aliphatic rings. The highest BCUT2D eigenvalue weighted by molar-refractivity contribution is 8.00. The van der Waals surface area contributed by atoms with Gasteiger partial charge < -0.3 is 19.4 Å². The molecule has 2 aromatic heterocycles. The number of fused-ring (bicyclic) bond motifs is 1. The zero-order valence-electron chi connectivity index (χ0n) is 17.9. The maximum Gasteiger partial charge on any atom is 0.446 e. The molecular formula is C22H18F3N5O3S. The van der Waals surface area contributed by atoms with E-state index in [1.165, 1.54) is 25.4 Å². The van der Waals surface area contributed by atoms with E-state index in [0.29, 0.717) is 28.7 Å². The second-order valence-corrected chi connectivity index (χ2v) is 8.08. The van der Waals surface area contributed by atoms with Crippen molar-refractivity contribution in [1.82, 2.24) is 14.5 Å². The highest BCUT2D eigenvalue weighted by Crippen LogP contribution is 2.38. The van der Waals surface area contributed by atoms with Crippen LogP contribution in [0.15, 0.2) is 65.7 Å². The predicted molar refractivity (Wildman–Crippen MR) is 123 cm³/mol. The van der Waals surface area contributed by atoms with Crippen LogP contribution < -0.4 is 15.4 Å². The van der Waals surface area contributed by atoms with Gasteiger partial charge in [0, 0.05) is 36.0 Å². The number of alkyl halides is 3. The van der Waals surface area contributed by atoms with E-state index in [2.05, 4.69) is 25.3 Å². The van der Waals surface area contributed by atoms with E-state index < -0.39 is 11.6 Å². The van der Waals surface area contributed by atoms with Crippen molar-refractivity contribution in [2.45, 2.75) is 10.4 Å². The van der Waals surface area contributed by atoms with Crippen molar-refractivity contribution in [3.63, 3.8) is 0 Å². The summed E-state index contributed by atoms with van der Waals surface area (Å²) in [6, 6.07) is 14.5. The predicted octanol–water partition coefficient (Wildman–Crippen LogP) is 6.29. The Morgan fingerprint density at radius 1 is 1.09 bits per heavy atom. The number of benzene rings is 2. The summed E-state index contributed by atoms with van der Waals surface area (Å²) in [5.74, 6) is 1.65. The van der Waals surface area contributed by atoms with Crippen LogP contribution in [0.25, 0.3) is 11.0 Å². The number of halogens is 3. The molecule has 0 fully saturated rings. The van der Waals surface area contributed by atoms with Crippen LogP contribution in [0.5, 0.6) is 11.5 Å². The highest BCUT2D eigenvalue weighted by atomic mass is 32.2. The number of ether oxygens (including phenoxy) is 2. The van der Waals surface area contributed by atoms with E-state index in [0.717, 1.165) is 5.52 Å². The maximum atomic E-state index is 12.7. The molecule has 176 valence electrons. The third kappa shape index (κ3) is 5.70. The van der Waals surface area contributed by atoms with Crippen LogP contribution in [0.1, 0.15) is 0 Å². The monoisotopic (exact) mass is 489 g/mol. The highest BCUT2D eigenvalue weighted by Gasteiger charge is 2.29. The topological polar surface area (TPSA) is 90.3 Å². The van der Waals surface area contributed by atoms with Crippen molar-refractivity contribution in [3.8, 4) is 11.5 Å². The summed E-state index contributed by atoms with van der Waals surface area (Å²) < 4.78 is 50.2. The number of hydrogen-bond donors (Lipinski definition) is 2. The number of amides is 1. The molecule has 4 aromatic rings. The zero-order valence-corrected chi connectivity index (χ0v) is 18.7. The largest absolute Gasteiger partial charge is 0.457 e. The first-order valence-corrected chi connectivity index (χ1v) is 10.6. The molecule has 0 spiro atoms. The number of anilines is 3. The molecule has 0 aliphatic carbocycles. The van der Waals surface area contributed by atoms with Gasteiger partial charge in [0.05, 0.1) is 18.1 Å². The van der Waals surface area contributed by atoms with Crippen molar-refractivity contribution in [2.24, 2.45) is 7.05 Å². The number of imidazole rings is 1. The third-order valence-corrected chi connectivity index (χ3v) is 5.28. The second kappa shape index (κ2) is 9.51. The number of thioether (sulfide) groups is 1. The number of aryl methyl sites for hydroxylation is 1. The minimum Gasteiger partial charge on any atom is -0.457 e. The molecule has 2 N–H and O–H groups in total. The minimum absolute atomic E-state index is 0.0744. The van der Waals surface area contributed by atoms with Crippen LogP contribution in [-0.4, -0.2) is 33.2 Å². The summed E-state index contributed by atoms with van der Waals surface area (Å²) in [5, 5.41) is 5.52. The van der Waals surface area contributed by atoms with Gasteiger partial charge in [0.1, 0.15) is 17.3 Å². The van der Waals surface area contributed by atoms with Crippen LogP contribution in [0.2, 0.25) is 0 Å². The van der Waals surface area contributed by atoms with Crippen molar-refractivity contribution < 1.29 is 27.4 Å². The number of hydrogen-bond acceptors (Lipinski definition) is 7. The number of carbonyl (C=O) groups excluding carboxylic acids is 1. The van der Waals surface area contributed by atoms with Gasteiger partial charge in [-0.25, -0.2) is 14.8 Å². The Labute approximate surface area is 196 Å². The lowest BCUT2D eigenvalue weighted by Crippen LogP contribution is -2.11. The van der Waals surface area contributed by atoms with Gasteiger partial charge in [0.2, 0.25) is 5.95 Å². The zero-order chi connectivity index (χ0) is 24.3. The van der Waals surface area contributed by atoms with E-state index in [1.54, 1.807) is 48.0 Å².